The molecule has 1 aromatic carbocycles. The van der Waals surface area contributed by atoms with Gasteiger partial charge in [0.2, 0.25) is 0 Å². The smallest absolute Gasteiger partial charge is 0.103 e. The Morgan fingerprint density at radius 2 is 2.26 bits per heavy atom. The van der Waals surface area contributed by atoms with Gasteiger partial charge in [0.1, 0.15) is 4.99 Å². The van der Waals surface area contributed by atoms with Crippen molar-refractivity contribution in [3.05, 3.63) is 34.9 Å². The van der Waals surface area contributed by atoms with Gasteiger partial charge in [0.15, 0.2) is 0 Å². The Morgan fingerprint density at radius 3 is 2.84 bits per heavy atom. The Morgan fingerprint density at radius 1 is 1.53 bits per heavy atom. The molecule has 3 nitrogen and oxygen atoms in total. The molecule has 1 fully saturated rings. The summed E-state index contributed by atoms with van der Waals surface area (Å²) in [6, 6.07) is 6.11. The van der Waals surface area contributed by atoms with Gasteiger partial charge in [-0.15, -0.1) is 0 Å². The fourth-order valence-electron chi connectivity index (χ4n) is 2.73. The van der Waals surface area contributed by atoms with E-state index in [4.69, 9.17) is 18.0 Å². The number of thiocarbonyl (C=S) groups is 1. The summed E-state index contributed by atoms with van der Waals surface area (Å²) < 4.78 is 0. The van der Waals surface area contributed by atoms with E-state index in [-0.39, 0.29) is 0 Å². The van der Waals surface area contributed by atoms with E-state index in [0.717, 1.165) is 38.0 Å². The SMILES string of the molecule is Cc1cc(C(N)=S)ccc1CN1CCCC(C)(O)C1. The first-order valence-electron chi connectivity index (χ1n) is 6.71. The van der Waals surface area contributed by atoms with Crippen LogP contribution < -0.4 is 5.73 Å². The van der Waals surface area contributed by atoms with Crippen molar-refractivity contribution in [1.82, 2.24) is 4.90 Å². The number of benzene rings is 1. The Kier molecular flexibility index (Phi) is 4.23. The molecule has 2 rings (SSSR count). The van der Waals surface area contributed by atoms with Gasteiger partial charge in [-0.3, -0.25) is 4.90 Å². The number of aliphatic hydroxyl groups is 1. The largest absolute Gasteiger partial charge is 0.389 e. The van der Waals surface area contributed by atoms with Crippen LogP contribution >= 0.6 is 12.2 Å². The van der Waals surface area contributed by atoms with Crippen LogP contribution in [-0.2, 0) is 6.54 Å². The van der Waals surface area contributed by atoms with Gasteiger partial charge in [-0.05, 0) is 50.4 Å². The van der Waals surface area contributed by atoms with Gasteiger partial charge in [0.25, 0.3) is 0 Å². The number of β-amino-alcohol motifs (C(OH)–C–C–N with tert-alkyl or cyclic N) is 1. The fraction of sp³-hybridized carbons (Fsp3) is 0.533. The zero-order valence-corrected chi connectivity index (χ0v) is 12.5. The van der Waals surface area contributed by atoms with Crippen LogP contribution in [0.25, 0.3) is 0 Å². The highest BCUT2D eigenvalue weighted by Crippen LogP contribution is 2.23. The molecule has 0 bridgehead atoms. The zero-order chi connectivity index (χ0) is 14.0. The summed E-state index contributed by atoms with van der Waals surface area (Å²) in [4.78, 5) is 2.75. The van der Waals surface area contributed by atoms with Crippen molar-refractivity contribution in [2.75, 3.05) is 13.1 Å². The quantitative estimate of drug-likeness (QED) is 0.830. The van der Waals surface area contributed by atoms with Crippen LogP contribution in [0, 0.1) is 6.92 Å². The third kappa shape index (κ3) is 3.75. The van der Waals surface area contributed by atoms with Crippen LogP contribution in [0.1, 0.15) is 36.5 Å². The first-order valence-corrected chi connectivity index (χ1v) is 7.12. The van der Waals surface area contributed by atoms with Crippen molar-refractivity contribution in [3.63, 3.8) is 0 Å². The summed E-state index contributed by atoms with van der Waals surface area (Å²) in [6.45, 7) is 6.66. The molecule has 19 heavy (non-hydrogen) atoms. The molecule has 0 radical (unpaired) electrons. The molecule has 104 valence electrons. The van der Waals surface area contributed by atoms with Gasteiger partial charge in [0, 0.05) is 18.7 Å². The lowest BCUT2D eigenvalue weighted by atomic mass is 9.94. The van der Waals surface area contributed by atoms with Gasteiger partial charge in [-0.1, -0.05) is 24.4 Å². The molecular formula is C15H22N2OS. The number of hydrogen-bond acceptors (Lipinski definition) is 3. The van der Waals surface area contributed by atoms with Crippen molar-refractivity contribution in [1.29, 1.82) is 0 Å². The second-order valence-corrected chi connectivity index (χ2v) is 6.26. The Bertz CT molecular complexity index is 485. The van der Waals surface area contributed by atoms with E-state index >= 15 is 0 Å². The van der Waals surface area contributed by atoms with Crippen LogP contribution in [0.5, 0.6) is 0 Å². The highest BCUT2D eigenvalue weighted by molar-refractivity contribution is 7.80. The first-order chi connectivity index (χ1) is 8.87. The first kappa shape index (κ1) is 14.4. The van der Waals surface area contributed by atoms with Gasteiger partial charge < -0.3 is 10.8 Å². The lowest BCUT2D eigenvalue weighted by molar-refractivity contribution is -0.0182. The molecule has 1 heterocycles. The third-order valence-corrected chi connectivity index (χ3v) is 4.01. The number of aryl methyl sites for hydroxylation is 1. The van der Waals surface area contributed by atoms with Crippen LogP contribution in [0.3, 0.4) is 0 Å². The van der Waals surface area contributed by atoms with Gasteiger partial charge in [-0.25, -0.2) is 0 Å². The molecule has 1 unspecified atom stereocenters. The minimum absolute atomic E-state index is 0.440. The van der Waals surface area contributed by atoms with Crippen LogP contribution in [0.2, 0.25) is 0 Å². The Hall–Kier alpha value is -0.970. The zero-order valence-electron chi connectivity index (χ0n) is 11.6. The van der Waals surface area contributed by atoms with E-state index in [2.05, 4.69) is 17.9 Å². The number of piperidine rings is 1. The normalized spacial score (nSPS) is 24.4. The molecule has 1 saturated heterocycles. The monoisotopic (exact) mass is 278 g/mol. The van der Waals surface area contributed by atoms with Gasteiger partial charge in [-0.2, -0.15) is 0 Å². The highest BCUT2D eigenvalue weighted by atomic mass is 32.1. The minimum Gasteiger partial charge on any atom is -0.389 e. The third-order valence-electron chi connectivity index (χ3n) is 3.77. The Labute approximate surface area is 120 Å². The van der Waals surface area contributed by atoms with E-state index in [9.17, 15) is 5.11 Å². The van der Waals surface area contributed by atoms with E-state index in [1.54, 1.807) is 0 Å². The van der Waals surface area contributed by atoms with E-state index in [0.29, 0.717) is 4.99 Å². The average molecular weight is 278 g/mol. The Balaban J connectivity index is 2.09. The molecule has 3 N–H and O–H groups in total. The van der Waals surface area contributed by atoms with Crippen LogP contribution in [0.15, 0.2) is 18.2 Å². The second kappa shape index (κ2) is 5.57. The molecule has 1 aromatic rings. The van der Waals surface area contributed by atoms with Crippen molar-refractivity contribution >= 4 is 17.2 Å². The lowest BCUT2D eigenvalue weighted by Crippen LogP contribution is -2.45. The predicted molar refractivity (Wildman–Crippen MR) is 82.2 cm³/mol. The maximum Gasteiger partial charge on any atom is 0.103 e. The molecular weight excluding hydrogens is 256 g/mol. The van der Waals surface area contributed by atoms with Crippen molar-refractivity contribution in [2.24, 2.45) is 5.73 Å². The highest BCUT2D eigenvalue weighted by Gasteiger charge is 2.28. The summed E-state index contributed by atoms with van der Waals surface area (Å²) in [6.07, 6.45) is 1.94. The van der Waals surface area contributed by atoms with E-state index in [1.807, 2.05) is 19.1 Å². The number of likely N-dealkylation sites (tertiary alicyclic amines) is 1. The van der Waals surface area contributed by atoms with Crippen molar-refractivity contribution in [3.8, 4) is 0 Å². The summed E-state index contributed by atoms with van der Waals surface area (Å²) in [5.74, 6) is 0. The fourth-order valence-corrected chi connectivity index (χ4v) is 2.85. The number of nitrogens with zero attached hydrogens (tertiary/aromatic N) is 1. The minimum atomic E-state index is -0.551. The number of hydrogen-bond donors (Lipinski definition) is 2. The topological polar surface area (TPSA) is 49.5 Å². The number of rotatable bonds is 3. The van der Waals surface area contributed by atoms with Crippen LogP contribution in [-0.4, -0.2) is 33.7 Å². The molecule has 4 heteroatoms. The number of nitrogens with two attached hydrogens (primary N) is 1. The lowest BCUT2D eigenvalue weighted by Gasteiger charge is -2.37. The van der Waals surface area contributed by atoms with Crippen molar-refractivity contribution in [2.45, 2.75) is 38.8 Å². The van der Waals surface area contributed by atoms with Gasteiger partial charge >= 0.3 is 0 Å². The van der Waals surface area contributed by atoms with E-state index < -0.39 is 5.60 Å². The predicted octanol–water partition coefficient (Wildman–Crippen LogP) is 1.98. The summed E-state index contributed by atoms with van der Waals surface area (Å²) >= 11 is 4.99. The molecule has 1 aliphatic rings. The standard InChI is InChI=1S/C15H22N2OS/c1-11-8-12(14(16)19)4-5-13(11)9-17-7-3-6-15(2,18)10-17/h4-5,8,18H,3,6-7,9-10H2,1-2H3,(H2,16,19). The molecule has 1 atom stereocenters. The molecule has 1 aliphatic heterocycles. The second-order valence-electron chi connectivity index (χ2n) is 5.82. The molecule has 0 spiro atoms. The molecule has 0 aromatic heterocycles. The molecule has 0 amide bonds. The maximum absolute atomic E-state index is 10.1. The summed E-state index contributed by atoms with van der Waals surface area (Å²) in [5, 5.41) is 10.1. The van der Waals surface area contributed by atoms with Gasteiger partial charge in [0.05, 0.1) is 5.60 Å². The van der Waals surface area contributed by atoms with Crippen molar-refractivity contribution < 1.29 is 5.11 Å². The summed E-state index contributed by atoms with van der Waals surface area (Å²) in [7, 11) is 0. The van der Waals surface area contributed by atoms with E-state index in [1.165, 1.54) is 11.1 Å². The maximum atomic E-state index is 10.1. The summed E-state index contributed by atoms with van der Waals surface area (Å²) in [5.41, 5.74) is 8.49. The van der Waals surface area contributed by atoms with Crippen LogP contribution in [0.4, 0.5) is 0 Å². The molecule has 0 saturated carbocycles. The molecule has 0 aliphatic carbocycles. The average Bonchev–Trinajstić information content (AvgIpc) is 2.30.